The van der Waals surface area contributed by atoms with Crippen LogP contribution in [0.1, 0.15) is 38.5 Å². The van der Waals surface area contributed by atoms with Gasteiger partial charge >= 0.3 is 0 Å². The maximum Gasteiger partial charge on any atom is 0.225 e. The first-order valence-corrected chi connectivity index (χ1v) is 8.67. The van der Waals surface area contributed by atoms with Crippen molar-refractivity contribution in [1.82, 2.24) is 14.9 Å². The lowest BCUT2D eigenvalue weighted by molar-refractivity contribution is 0.316. The van der Waals surface area contributed by atoms with Crippen molar-refractivity contribution in [1.29, 1.82) is 0 Å². The Morgan fingerprint density at radius 2 is 2.00 bits per heavy atom. The van der Waals surface area contributed by atoms with E-state index in [2.05, 4.69) is 53.9 Å². The van der Waals surface area contributed by atoms with Gasteiger partial charge in [-0.2, -0.15) is 0 Å². The zero-order valence-corrected chi connectivity index (χ0v) is 14.7. The second-order valence-electron chi connectivity index (χ2n) is 5.31. The molecule has 6 heteroatoms. The molecule has 2 heterocycles. The summed E-state index contributed by atoms with van der Waals surface area (Å²) in [6.45, 7) is 12.6. The topological polar surface area (TPSA) is 41.0 Å². The van der Waals surface area contributed by atoms with Crippen LogP contribution in [0.2, 0.25) is 5.15 Å². The van der Waals surface area contributed by atoms with Gasteiger partial charge in [-0.25, -0.2) is 9.97 Å². The second kappa shape index (κ2) is 7.38. The predicted molar refractivity (Wildman–Crippen MR) is 92.8 cm³/mol. The molecule has 116 valence electrons. The number of likely N-dealkylation sites (N-methyl/N-ethyl adjacent to an activating group) is 1. The normalized spacial score (nSPS) is 11.8. The van der Waals surface area contributed by atoms with Gasteiger partial charge in [0, 0.05) is 23.4 Å². The molecule has 21 heavy (non-hydrogen) atoms. The van der Waals surface area contributed by atoms with E-state index in [1.807, 2.05) is 0 Å². The van der Waals surface area contributed by atoms with E-state index in [-0.39, 0.29) is 0 Å². The number of hydrogen-bond acceptors (Lipinski definition) is 5. The highest BCUT2D eigenvalue weighted by Crippen LogP contribution is 2.33. The number of nitrogens with one attached hydrogen (secondary N) is 1. The molecule has 2 aromatic heterocycles. The average molecular weight is 327 g/mol. The van der Waals surface area contributed by atoms with Crippen molar-refractivity contribution in [3.05, 3.63) is 16.1 Å². The van der Waals surface area contributed by atoms with Crippen LogP contribution in [-0.2, 0) is 0 Å². The SMILES string of the molecule is CCN(CC)CCNc1nc(Cl)c2cc(C(C)C)sc2n1. The molecule has 0 aliphatic carbocycles. The summed E-state index contributed by atoms with van der Waals surface area (Å²) in [7, 11) is 0. The summed E-state index contributed by atoms with van der Waals surface area (Å²) in [4.78, 5) is 13.5. The first-order chi connectivity index (χ1) is 10.0. The number of rotatable bonds is 7. The highest BCUT2D eigenvalue weighted by Gasteiger charge is 2.12. The summed E-state index contributed by atoms with van der Waals surface area (Å²) in [5.74, 6) is 1.11. The Labute approximate surface area is 135 Å². The number of thiophene rings is 1. The van der Waals surface area contributed by atoms with Crippen LogP contribution in [-0.4, -0.2) is 41.0 Å². The standard InChI is InChI=1S/C15H23ClN4S/c1-5-20(6-2)8-7-17-15-18-13(16)11-9-12(10(3)4)21-14(11)19-15/h9-10H,5-8H2,1-4H3,(H,17,18,19). The number of hydrogen-bond donors (Lipinski definition) is 1. The zero-order valence-electron chi connectivity index (χ0n) is 13.1. The van der Waals surface area contributed by atoms with E-state index in [0.29, 0.717) is 17.0 Å². The van der Waals surface area contributed by atoms with E-state index >= 15 is 0 Å². The third-order valence-electron chi connectivity index (χ3n) is 3.54. The van der Waals surface area contributed by atoms with Gasteiger partial charge in [0.25, 0.3) is 0 Å². The maximum atomic E-state index is 6.28. The Morgan fingerprint density at radius 1 is 1.29 bits per heavy atom. The Kier molecular flexibility index (Phi) is 5.79. The Morgan fingerprint density at radius 3 is 2.62 bits per heavy atom. The minimum atomic E-state index is 0.486. The molecule has 0 saturated carbocycles. The van der Waals surface area contributed by atoms with Gasteiger partial charge in [0.1, 0.15) is 9.98 Å². The van der Waals surface area contributed by atoms with Crippen molar-refractivity contribution in [2.24, 2.45) is 0 Å². The number of halogens is 1. The molecular formula is C15H23ClN4S. The highest BCUT2D eigenvalue weighted by molar-refractivity contribution is 7.18. The minimum Gasteiger partial charge on any atom is -0.353 e. The van der Waals surface area contributed by atoms with Crippen LogP contribution >= 0.6 is 22.9 Å². The number of anilines is 1. The molecule has 0 unspecified atom stereocenters. The van der Waals surface area contributed by atoms with Crippen molar-refractivity contribution in [2.45, 2.75) is 33.6 Å². The van der Waals surface area contributed by atoms with Gasteiger partial charge in [0.05, 0.1) is 0 Å². The van der Waals surface area contributed by atoms with Crippen LogP contribution in [0.4, 0.5) is 5.95 Å². The molecule has 0 atom stereocenters. The summed E-state index contributed by atoms with van der Waals surface area (Å²) >= 11 is 7.98. The summed E-state index contributed by atoms with van der Waals surface area (Å²) in [6.07, 6.45) is 0. The third kappa shape index (κ3) is 4.05. The fourth-order valence-corrected chi connectivity index (χ4v) is 3.45. The molecule has 2 rings (SSSR count). The summed E-state index contributed by atoms with van der Waals surface area (Å²) in [6, 6.07) is 2.10. The van der Waals surface area contributed by atoms with Gasteiger partial charge < -0.3 is 10.2 Å². The fourth-order valence-electron chi connectivity index (χ4n) is 2.13. The minimum absolute atomic E-state index is 0.486. The fraction of sp³-hybridized carbons (Fsp3) is 0.600. The van der Waals surface area contributed by atoms with E-state index in [4.69, 9.17) is 11.6 Å². The van der Waals surface area contributed by atoms with Crippen LogP contribution in [0.3, 0.4) is 0 Å². The number of aromatic nitrogens is 2. The summed E-state index contributed by atoms with van der Waals surface area (Å²) < 4.78 is 0. The van der Waals surface area contributed by atoms with Gasteiger partial charge in [-0.3, -0.25) is 0 Å². The molecule has 0 aliphatic heterocycles. The van der Waals surface area contributed by atoms with Crippen molar-refractivity contribution in [2.75, 3.05) is 31.5 Å². The zero-order chi connectivity index (χ0) is 15.4. The second-order valence-corrected chi connectivity index (χ2v) is 6.73. The molecule has 0 aliphatic rings. The van der Waals surface area contributed by atoms with Gasteiger partial charge in [0.15, 0.2) is 0 Å². The van der Waals surface area contributed by atoms with E-state index in [9.17, 15) is 0 Å². The van der Waals surface area contributed by atoms with Crippen LogP contribution in [0.5, 0.6) is 0 Å². The van der Waals surface area contributed by atoms with Gasteiger partial charge in [-0.15, -0.1) is 11.3 Å². The number of fused-ring (bicyclic) bond motifs is 1. The smallest absolute Gasteiger partial charge is 0.225 e. The quantitative estimate of drug-likeness (QED) is 0.773. The lowest BCUT2D eigenvalue weighted by Crippen LogP contribution is -2.28. The summed E-state index contributed by atoms with van der Waals surface area (Å²) in [5, 5.41) is 4.77. The van der Waals surface area contributed by atoms with Crippen LogP contribution in [0, 0.1) is 0 Å². The van der Waals surface area contributed by atoms with Crippen molar-refractivity contribution >= 4 is 39.1 Å². The molecule has 0 saturated heterocycles. The lowest BCUT2D eigenvalue weighted by atomic mass is 10.2. The van der Waals surface area contributed by atoms with Crippen LogP contribution in [0.25, 0.3) is 10.2 Å². The van der Waals surface area contributed by atoms with Gasteiger partial charge in [-0.05, 0) is 25.1 Å². The molecule has 0 bridgehead atoms. The monoisotopic (exact) mass is 326 g/mol. The van der Waals surface area contributed by atoms with Crippen LogP contribution < -0.4 is 5.32 Å². The largest absolute Gasteiger partial charge is 0.353 e. The van der Waals surface area contributed by atoms with Crippen molar-refractivity contribution in [3.8, 4) is 0 Å². The maximum absolute atomic E-state index is 6.28. The van der Waals surface area contributed by atoms with E-state index < -0.39 is 0 Å². The van der Waals surface area contributed by atoms with Gasteiger partial charge in [-0.1, -0.05) is 39.3 Å². The third-order valence-corrected chi connectivity index (χ3v) is 5.16. The molecule has 0 amide bonds. The predicted octanol–water partition coefficient (Wildman–Crippen LogP) is 4.22. The highest BCUT2D eigenvalue weighted by atomic mass is 35.5. The first kappa shape index (κ1) is 16.5. The first-order valence-electron chi connectivity index (χ1n) is 7.48. The Hall–Kier alpha value is -0.910. The van der Waals surface area contributed by atoms with E-state index in [1.165, 1.54) is 4.88 Å². The summed E-state index contributed by atoms with van der Waals surface area (Å²) in [5.41, 5.74) is 0. The molecular weight excluding hydrogens is 304 g/mol. The molecule has 0 spiro atoms. The van der Waals surface area contributed by atoms with Crippen LogP contribution in [0.15, 0.2) is 6.07 Å². The van der Waals surface area contributed by atoms with Crippen molar-refractivity contribution < 1.29 is 0 Å². The molecule has 0 radical (unpaired) electrons. The van der Waals surface area contributed by atoms with Gasteiger partial charge in [0.2, 0.25) is 5.95 Å². The molecule has 0 aromatic carbocycles. The number of nitrogens with zero attached hydrogens (tertiary/aromatic N) is 3. The Balaban J connectivity index is 2.10. The van der Waals surface area contributed by atoms with E-state index in [1.54, 1.807) is 11.3 Å². The lowest BCUT2D eigenvalue weighted by Gasteiger charge is -2.17. The van der Waals surface area contributed by atoms with Crippen molar-refractivity contribution in [3.63, 3.8) is 0 Å². The Bertz CT molecular complexity index is 593. The molecule has 0 fully saturated rings. The molecule has 1 N–H and O–H groups in total. The van der Waals surface area contributed by atoms with E-state index in [0.717, 1.165) is 36.4 Å². The molecule has 2 aromatic rings. The molecule has 4 nitrogen and oxygen atoms in total. The average Bonchev–Trinajstić information content (AvgIpc) is 2.88.